The van der Waals surface area contributed by atoms with Crippen molar-refractivity contribution in [1.29, 1.82) is 5.26 Å². The number of alkyl halides is 3. The molecule has 0 atom stereocenters. The van der Waals surface area contributed by atoms with Crippen molar-refractivity contribution in [3.05, 3.63) is 34.6 Å². The van der Waals surface area contributed by atoms with Gasteiger partial charge in [-0.2, -0.15) is 18.4 Å². The summed E-state index contributed by atoms with van der Waals surface area (Å²) in [6, 6.07) is 2.41. The number of rotatable bonds is 1. The lowest BCUT2D eigenvalue weighted by atomic mass is 10.0. The molecule has 0 fully saturated rings. The summed E-state index contributed by atoms with van der Waals surface area (Å²) in [6.45, 7) is 0. The van der Waals surface area contributed by atoms with Gasteiger partial charge in [0.2, 0.25) is 0 Å². The highest BCUT2D eigenvalue weighted by atomic mass is 19.4. The number of hydrogen-bond donors (Lipinski definition) is 0. The monoisotopic (exact) mass is 247 g/mol. The summed E-state index contributed by atoms with van der Waals surface area (Å²) >= 11 is 0. The molecule has 90 valence electrons. The zero-order valence-electron chi connectivity index (χ0n) is 8.43. The van der Waals surface area contributed by atoms with E-state index in [1.807, 2.05) is 0 Å². The van der Waals surface area contributed by atoms with Crippen molar-refractivity contribution in [2.45, 2.75) is 6.18 Å². The maximum Gasteiger partial charge on any atom is 0.420 e. The first kappa shape index (κ1) is 13.0. The highest BCUT2D eigenvalue weighted by Gasteiger charge is 2.39. The summed E-state index contributed by atoms with van der Waals surface area (Å²) in [5.74, 6) is -2.74. The van der Waals surface area contributed by atoms with E-state index in [4.69, 9.17) is 5.26 Å². The van der Waals surface area contributed by atoms with Crippen molar-refractivity contribution in [2.24, 2.45) is 0 Å². The summed E-state index contributed by atoms with van der Waals surface area (Å²) in [6.07, 6.45) is -5.06. The fraction of sp³-hybridized carbons (Fsp3) is 0.200. The number of carbonyl (C=O) groups excluding carboxylic acids is 1. The van der Waals surface area contributed by atoms with Crippen molar-refractivity contribution in [3.8, 4) is 6.07 Å². The van der Waals surface area contributed by atoms with Crippen molar-refractivity contribution < 1.29 is 27.1 Å². The Hall–Kier alpha value is -2.10. The van der Waals surface area contributed by atoms with Gasteiger partial charge in [-0.3, -0.25) is 0 Å². The fourth-order valence-electron chi connectivity index (χ4n) is 1.25. The number of halogens is 4. The quantitative estimate of drug-likeness (QED) is 0.566. The van der Waals surface area contributed by atoms with E-state index < -0.39 is 34.7 Å². The van der Waals surface area contributed by atoms with Crippen LogP contribution in [0, 0.1) is 17.1 Å². The highest BCUT2D eigenvalue weighted by molar-refractivity contribution is 5.92. The van der Waals surface area contributed by atoms with Gasteiger partial charge in [-0.1, -0.05) is 0 Å². The van der Waals surface area contributed by atoms with Crippen LogP contribution in [-0.2, 0) is 10.9 Å². The van der Waals surface area contributed by atoms with Crippen molar-refractivity contribution in [1.82, 2.24) is 0 Å². The summed E-state index contributed by atoms with van der Waals surface area (Å²) in [5, 5.41) is 8.61. The summed E-state index contributed by atoms with van der Waals surface area (Å²) in [7, 11) is 0.945. The summed E-state index contributed by atoms with van der Waals surface area (Å²) in [5.41, 5.74) is -3.46. The predicted molar refractivity (Wildman–Crippen MR) is 47.5 cm³/mol. The lowest BCUT2D eigenvalue weighted by Gasteiger charge is -2.12. The number of ether oxygens (including phenoxy) is 1. The van der Waals surface area contributed by atoms with Crippen molar-refractivity contribution in [2.75, 3.05) is 7.11 Å². The Morgan fingerprint density at radius 3 is 2.41 bits per heavy atom. The van der Waals surface area contributed by atoms with Gasteiger partial charge in [-0.15, -0.1) is 0 Å². The molecule has 0 saturated carbocycles. The molecule has 0 aliphatic heterocycles. The average Bonchev–Trinajstić information content (AvgIpc) is 2.25. The third-order valence-corrected chi connectivity index (χ3v) is 1.96. The molecule has 0 bridgehead atoms. The topological polar surface area (TPSA) is 50.1 Å². The van der Waals surface area contributed by atoms with Gasteiger partial charge in [0.05, 0.1) is 18.2 Å². The smallest absolute Gasteiger partial charge is 0.420 e. The van der Waals surface area contributed by atoms with Crippen LogP contribution >= 0.6 is 0 Å². The number of nitrogens with zero attached hydrogens (tertiary/aromatic N) is 1. The van der Waals surface area contributed by atoms with Crippen LogP contribution in [0.4, 0.5) is 17.6 Å². The van der Waals surface area contributed by atoms with Crippen LogP contribution in [0.2, 0.25) is 0 Å². The first-order valence-electron chi connectivity index (χ1n) is 4.21. The van der Waals surface area contributed by atoms with Gasteiger partial charge in [0.1, 0.15) is 17.4 Å². The Morgan fingerprint density at radius 2 is 2.00 bits per heavy atom. The molecule has 1 rings (SSSR count). The molecule has 0 heterocycles. The normalized spacial score (nSPS) is 10.8. The number of carbonyl (C=O) groups is 1. The van der Waals surface area contributed by atoms with E-state index in [0.29, 0.717) is 6.07 Å². The van der Waals surface area contributed by atoms with Gasteiger partial charge >= 0.3 is 12.1 Å². The summed E-state index contributed by atoms with van der Waals surface area (Å²) in [4.78, 5) is 11.1. The maximum absolute atomic E-state index is 13.1. The molecule has 0 aliphatic carbocycles. The molecule has 0 aromatic heterocycles. The molecular formula is C10H5F4NO2. The van der Waals surface area contributed by atoms with E-state index in [0.717, 1.165) is 13.2 Å². The standard InChI is InChI=1S/C10H5F4NO2/c1-17-9(16)5-2-3-7(11)8(6(5)4-15)10(12,13)14/h2-3H,1H3. The Balaban J connectivity index is 3.61. The molecule has 7 heteroatoms. The maximum atomic E-state index is 13.1. The lowest BCUT2D eigenvalue weighted by molar-refractivity contribution is -0.140. The second-order valence-electron chi connectivity index (χ2n) is 2.95. The second kappa shape index (κ2) is 4.41. The Bertz CT molecular complexity index is 502. The molecule has 1 aromatic rings. The minimum Gasteiger partial charge on any atom is -0.465 e. The van der Waals surface area contributed by atoms with Crippen LogP contribution in [-0.4, -0.2) is 13.1 Å². The van der Waals surface area contributed by atoms with Crippen LogP contribution in [0.3, 0.4) is 0 Å². The largest absolute Gasteiger partial charge is 0.465 e. The molecule has 0 aliphatic rings. The Labute approximate surface area is 93.2 Å². The molecule has 3 nitrogen and oxygen atoms in total. The van der Waals surface area contributed by atoms with Crippen molar-refractivity contribution >= 4 is 5.97 Å². The van der Waals surface area contributed by atoms with E-state index in [-0.39, 0.29) is 0 Å². The van der Waals surface area contributed by atoms with E-state index in [2.05, 4.69) is 4.74 Å². The Kier molecular flexibility index (Phi) is 3.36. The van der Waals surface area contributed by atoms with Gasteiger partial charge in [-0.25, -0.2) is 9.18 Å². The first-order chi connectivity index (χ1) is 7.82. The average molecular weight is 247 g/mol. The molecule has 0 radical (unpaired) electrons. The fourth-order valence-corrected chi connectivity index (χ4v) is 1.25. The van der Waals surface area contributed by atoms with Crippen LogP contribution < -0.4 is 0 Å². The summed E-state index contributed by atoms with van der Waals surface area (Å²) < 4.78 is 54.8. The number of hydrogen-bond acceptors (Lipinski definition) is 3. The lowest BCUT2D eigenvalue weighted by Crippen LogP contribution is -2.15. The third kappa shape index (κ3) is 2.36. The van der Waals surface area contributed by atoms with Crippen LogP contribution in [0.15, 0.2) is 12.1 Å². The molecule has 0 N–H and O–H groups in total. The van der Waals surface area contributed by atoms with Gasteiger partial charge in [0, 0.05) is 0 Å². The molecule has 0 amide bonds. The number of nitriles is 1. The molecule has 0 saturated heterocycles. The van der Waals surface area contributed by atoms with E-state index in [1.54, 1.807) is 0 Å². The third-order valence-electron chi connectivity index (χ3n) is 1.96. The number of esters is 1. The van der Waals surface area contributed by atoms with Gasteiger partial charge in [0.25, 0.3) is 0 Å². The molecule has 0 spiro atoms. The SMILES string of the molecule is COC(=O)c1ccc(F)c(C(F)(F)F)c1C#N. The molecule has 17 heavy (non-hydrogen) atoms. The van der Waals surface area contributed by atoms with E-state index >= 15 is 0 Å². The van der Waals surface area contributed by atoms with Crippen LogP contribution in [0.5, 0.6) is 0 Å². The van der Waals surface area contributed by atoms with Gasteiger partial charge < -0.3 is 4.74 Å². The highest BCUT2D eigenvalue weighted by Crippen LogP contribution is 2.35. The first-order valence-corrected chi connectivity index (χ1v) is 4.21. The number of benzene rings is 1. The minimum atomic E-state index is -5.06. The van der Waals surface area contributed by atoms with Crippen LogP contribution in [0.25, 0.3) is 0 Å². The predicted octanol–water partition coefficient (Wildman–Crippen LogP) is 2.50. The number of methoxy groups -OCH3 is 1. The van der Waals surface area contributed by atoms with Gasteiger partial charge in [-0.05, 0) is 12.1 Å². The second-order valence-corrected chi connectivity index (χ2v) is 2.95. The van der Waals surface area contributed by atoms with E-state index in [9.17, 15) is 22.4 Å². The zero-order chi connectivity index (χ0) is 13.2. The Morgan fingerprint density at radius 1 is 1.41 bits per heavy atom. The molecular weight excluding hydrogens is 242 g/mol. The van der Waals surface area contributed by atoms with Gasteiger partial charge in [0.15, 0.2) is 0 Å². The minimum absolute atomic E-state index is 0.468. The zero-order valence-corrected chi connectivity index (χ0v) is 8.43. The molecule has 1 aromatic carbocycles. The van der Waals surface area contributed by atoms with Crippen LogP contribution in [0.1, 0.15) is 21.5 Å². The van der Waals surface area contributed by atoms with E-state index in [1.165, 1.54) is 6.07 Å². The molecule has 0 unspecified atom stereocenters. The van der Waals surface area contributed by atoms with Crippen molar-refractivity contribution in [3.63, 3.8) is 0 Å².